The van der Waals surface area contributed by atoms with Crippen molar-refractivity contribution in [2.45, 2.75) is 50.5 Å². The highest BCUT2D eigenvalue weighted by molar-refractivity contribution is 7.90. The number of carbonyl (C=O) groups is 1. The minimum Gasteiger partial charge on any atom is -0.354 e. The molecule has 1 aliphatic rings. The standard InChI is InChI=1S/C18H28N2O3S/c1-14-6-5-7-15(12-14)18(9-3-4-10-18)13-20-17(21)16(19)8-11-24(2,22)23/h5-7,12,16H,3-4,8-11,13,19H2,1-2H3,(H,20,21). The van der Waals surface area contributed by atoms with Gasteiger partial charge in [0, 0.05) is 18.2 Å². The maximum absolute atomic E-state index is 12.2. The molecule has 24 heavy (non-hydrogen) atoms. The third kappa shape index (κ3) is 5.05. The lowest BCUT2D eigenvalue weighted by molar-refractivity contribution is -0.122. The zero-order valence-corrected chi connectivity index (χ0v) is 15.4. The van der Waals surface area contributed by atoms with E-state index in [9.17, 15) is 13.2 Å². The smallest absolute Gasteiger partial charge is 0.236 e. The number of hydrogen-bond acceptors (Lipinski definition) is 4. The van der Waals surface area contributed by atoms with E-state index in [1.807, 2.05) is 0 Å². The molecule has 1 aromatic rings. The average molecular weight is 353 g/mol. The summed E-state index contributed by atoms with van der Waals surface area (Å²) < 4.78 is 22.4. The summed E-state index contributed by atoms with van der Waals surface area (Å²) >= 11 is 0. The van der Waals surface area contributed by atoms with Crippen LogP contribution in [0.1, 0.15) is 43.2 Å². The number of aryl methyl sites for hydroxylation is 1. The molecule has 1 atom stereocenters. The van der Waals surface area contributed by atoms with Crippen molar-refractivity contribution in [3.8, 4) is 0 Å². The second kappa shape index (κ2) is 7.66. The van der Waals surface area contributed by atoms with E-state index in [1.165, 1.54) is 11.1 Å². The number of nitrogens with two attached hydrogens (primary N) is 1. The second-order valence-electron chi connectivity index (χ2n) is 7.10. The molecular weight excluding hydrogens is 324 g/mol. The van der Waals surface area contributed by atoms with E-state index in [2.05, 4.69) is 36.5 Å². The van der Waals surface area contributed by atoms with Crippen molar-refractivity contribution in [3.05, 3.63) is 35.4 Å². The summed E-state index contributed by atoms with van der Waals surface area (Å²) in [6.45, 7) is 2.63. The molecule has 6 heteroatoms. The van der Waals surface area contributed by atoms with Crippen LogP contribution in [0.3, 0.4) is 0 Å². The van der Waals surface area contributed by atoms with Gasteiger partial charge >= 0.3 is 0 Å². The van der Waals surface area contributed by atoms with Crippen LogP contribution < -0.4 is 11.1 Å². The fraction of sp³-hybridized carbons (Fsp3) is 0.611. The summed E-state index contributed by atoms with van der Waals surface area (Å²) in [7, 11) is -3.10. The molecule has 5 nitrogen and oxygen atoms in total. The SMILES string of the molecule is Cc1cccc(C2(CNC(=O)C(N)CCS(C)(=O)=O)CCCC2)c1. The Kier molecular flexibility index (Phi) is 6.04. The lowest BCUT2D eigenvalue weighted by Gasteiger charge is -2.31. The highest BCUT2D eigenvalue weighted by Gasteiger charge is 2.36. The lowest BCUT2D eigenvalue weighted by atomic mass is 9.78. The maximum atomic E-state index is 12.2. The molecule has 0 aromatic heterocycles. The van der Waals surface area contributed by atoms with E-state index >= 15 is 0 Å². The second-order valence-corrected chi connectivity index (χ2v) is 9.36. The Morgan fingerprint density at radius 2 is 2.00 bits per heavy atom. The van der Waals surface area contributed by atoms with Gasteiger partial charge in [0.25, 0.3) is 0 Å². The van der Waals surface area contributed by atoms with Gasteiger partial charge in [-0.25, -0.2) is 8.42 Å². The van der Waals surface area contributed by atoms with E-state index in [-0.39, 0.29) is 23.5 Å². The van der Waals surface area contributed by atoms with Crippen LogP contribution in [0.4, 0.5) is 0 Å². The van der Waals surface area contributed by atoms with Gasteiger partial charge in [-0.1, -0.05) is 42.7 Å². The van der Waals surface area contributed by atoms with Crippen LogP contribution >= 0.6 is 0 Å². The molecule has 2 rings (SSSR count). The number of hydrogen-bond donors (Lipinski definition) is 2. The van der Waals surface area contributed by atoms with Crippen molar-refractivity contribution in [2.75, 3.05) is 18.6 Å². The molecule has 1 saturated carbocycles. The molecule has 1 fully saturated rings. The molecule has 0 radical (unpaired) electrons. The predicted octanol–water partition coefficient (Wildman–Crippen LogP) is 1.69. The fourth-order valence-electron chi connectivity index (χ4n) is 3.45. The molecule has 1 aliphatic carbocycles. The molecule has 134 valence electrons. The Bertz CT molecular complexity index is 679. The molecule has 0 bridgehead atoms. The number of rotatable bonds is 7. The lowest BCUT2D eigenvalue weighted by Crippen LogP contribution is -2.46. The van der Waals surface area contributed by atoms with Crippen LogP contribution in [0.5, 0.6) is 0 Å². The van der Waals surface area contributed by atoms with E-state index in [4.69, 9.17) is 5.73 Å². The monoisotopic (exact) mass is 352 g/mol. The molecule has 0 heterocycles. The number of sulfone groups is 1. The van der Waals surface area contributed by atoms with Gasteiger partial charge in [0.15, 0.2) is 0 Å². The third-order valence-electron chi connectivity index (χ3n) is 4.93. The minimum absolute atomic E-state index is 0.0295. The molecule has 0 spiro atoms. The number of nitrogens with one attached hydrogen (secondary N) is 1. The van der Waals surface area contributed by atoms with Crippen LogP contribution in [0.15, 0.2) is 24.3 Å². The van der Waals surface area contributed by atoms with Gasteiger partial charge in [-0.15, -0.1) is 0 Å². The molecule has 1 aromatic carbocycles. The van der Waals surface area contributed by atoms with Crippen molar-refractivity contribution >= 4 is 15.7 Å². The van der Waals surface area contributed by atoms with Crippen molar-refractivity contribution in [1.82, 2.24) is 5.32 Å². The fourth-order valence-corrected chi connectivity index (χ4v) is 4.14. The summed E-state index contributed by atoms with van der Waals surface area (Å²) in [6, 6.07) is 7.68. The third-order valence-corrected chi connectivity index (χ3v) is 5.91. The van der Waals surface area contributed by atoms with Crippen LogP contribution in [-0.2, 0) is 20.0 Å². The van der Waals surface area contributed by atoms with Gasteiger partial charge in [-0.3, -0.25) is 4.79 Å². The van der Waals surface area contributed by atoms with E-state index in [0.717, 1.165) is 31.9 Å². The molecule has 1 amide bonds. The first-order valence-electron chi connectivity index (χ1n) is 8.50. The van der Waals surface area contributed by atoms with Gasteiger partial charge in [-0.2, -0.15) is 0 Å². The summed E-state index contributed by atoms with van der Waals surface area (Å²) in [6.07, 6.45) is 5.73. The Morgan fingerprint density at radius 1 is 1.33 bits per heavy atom. The van der Waals surface area contributed by atoms with Crippen molar-refractivity contribution in [2.24, 2.45) is 5.73 Å². The average Bonchev–Trinajstić information content (AvgIpc) is 2.99. The van der Waals surface area contributed by atoms with E-state index in [0.29, 0.717) is 6.54 Å². The first-order chi connectivity index (χ1) is 11.2. The summed E-state index contributed by atoms with van der Waals surface area (Å²) in [4.78, 5) is 12.2. The van der Waals surface area contributed by atoms with Gasteiger partial charge in [0.1, 0.15) is 9.84 Å². The summed E-state index contributed by atoms with van der Waals surface area (Å²) in [5, 5.41) is 2.96. The quantitative estimate of drug-likeness (QED) is 0.781. The normalized spacial score (nSPS) is 18.3. The van der Waals surface area contributed by atoms with Gasteiger partial charge in [-0.05, 0) is 31.7 Å². The Labute approximate surface area is 144 Å². The van der Waals surface area contributed by atoms with Crippen LogP contribution in [0.2, 0.25) is 0 Å². The van der Waals surface area contributed by atoms with E-state index in [1.54, 1.807) is 0 Å². The molecular formula is C18H28N2O3S. The first-order valence-corrected chi connectivity index (χ1v) is 10.6. The van der Waals surface area contributed by atoms with E-state index < -0.39 is 15.9 Å². The molecule has 1 unspecified atom stereocenters. The van der Waals surface area contributed by atoms with Gasteiger partial charge < -0.3 is 11.1 Å². The minimum atomic E-state index is -3.10. The highest BCUT2D eigenvalue weighted by atomic mass is 32.2. The Hall–Kier alpha value is -1.40. The molecule has 3 N–H and O–H groups in total. The van der Waals surface area contributed by atoms with Gasteiger partial charge in [0.05, 0.1) is 11.8 Å². The highest BCUT2D eigenvalue weighted by Crippen LogP contribution is 2.40. The zero-order valence-electron chi connectivity index (χ0n) is 14.5. The largest absolute Gasteiger partial charge is 0.354 e. The number of amides is 1. The van der Waals surface area contributed by atoms with Crippen LogP contribution in [0.25, 0.3) is 0 Å². The number of carbonyl (C=O) groups excluding carboxylic acids is 1. The first kappa shape index (κ1) is 18.9. The van der Waals surface area contributed by atoms with Crippen LogP contribution in [-0.4, -0.2) is 38.9 Å². The van der Waals surface area contributed by atoms with Gasteiger partial charge in [0.2, 0.25) is 5.91 Å². The summed E-state index contributed by atoms with van der Waals surface area (Å²) in [5.74, 6) is -0.331. The molecule has 0 saturated heterocycles. The zero-order chi connectivity index (χ0) is 17.8. The summed E-state index contributed by atoms with van der Waals surface area (Å²) in [5.41, 5.74) is 8.30. The van der Waals surface area contributed by atoms with Crippen molar-refractivity contribution in [3.63, 3.8) is 0 Å². The van der Waals surface area contributed by atoms with Crippen molar-refractivity contribution < 1.29 is 13.2 Å². The van der Waals surface area contributed by atoms with Crippen molar-refractivity contribution in [1.29, 1.82) is 0 Å². The molecule has 0 aliphatic heterocycles. The topological polar surface area (TPSA) is 89.3 Å². The number of benzene rings is 1. The Balaban J connectivity index is 2.00. The van der Waals surface area contributed by atoms with Crippen LogP contribution in [0, 0.1) is 6.92 Å². The predicted molar refractivity (Wildman–Crippen MR) is 96.6 cm³/mol. The maximum Gasteiger partial charge on any atom is 0.236 e. The Morgan fingerprint density at radius 3 is 2.58 bits per heavy atom.